The van der Waals surface area contributed by atoms with Crippen molar-refractivity contribution in [3.63, 3.8) is 0 Å². The number of amides is 1. The van der Waals surface area contributed by atoms with Crippen molar-refractivity contribution >= 4 is 29.0 Å². The van der Waals surface area contributed by atoms with Gasteiger partial charge in [-0.15, -0.1) is 0 Å². The summed E-state index contributed by atoms with van der Waals surface area (Å²) in [6.07, 6.45) is 6.59. The molecule has 5 rings (SSSR count). The number of carboxylic acids is 1. The molecule has 0 radical (unpaired) electrons. The molecule has 192 valence electrons. The van der Waals surface area contributed by atoms with Gasteiger partial charge in [-0.1, -0.05) is 6.07 Å². The molecule has 0 atom stereocenters. The van der Waals surface area contributed by atoms with Gasteiger partial charge in [0.05, 0.1) is 17.8 Å². The number of ether oxygens (including phenoxy) is 1. The molecule has 1 fully saturated rings. The topological polar surface area (TPSA) is 150 Å². The fraction of sp³-hybridized carbons (Fsp3) is 0.346. The number of rotatable bonds is 4. The van der Waals surface area contributed by atoms with Gasteiger partial charge >= 0.3 is 12.1 Å². The Balaban J connectivity index is 1.35. The highest BCUT2D eigenvalue weighted by atomic mass is 16.6. The number of oxazole rings is 1. The zero-order valence-corrected chi connectivity index (χ0v) is 20.8. The van der Waals surface area contributed by atoms with Crippen molar-refractivity contribution in [2.75, 3.05) is 18.8 Å². The van der Waals surface area contributed by atoms with Gasteiger partial charge in [-0.05, 0) is 51.8 Å². The number of aromatic nitrogens is 4. The Morgan fingerprint density at radius 1 is 1.16 bits per heavy atom. The molecule has 0 spiro atoms. The number of carbonyl (C=O) groups excluding carboxylic acids is 1. The average molecular weight is 505 g/mol. The number of hydrogen-bond donors (Lipinski definition) is 2. The minimum Gasteiger partial charge on any atom is -0.478 e. The number of carboxylic acid groups (broad SMARTS) is 1. The molecule has 4 aromatic rings. The van der Waals surface area contributed by atoms with Gasteiger partial charge in [0, 0.05) is 36.6 Å². The van der Waals surface area contributed by atoms with Crippen LogP contribution >= 0.6 is 0 Å². The van der Waals surface area contributed by atoms with Crippen LogP contribution in [-0.2, 0) is 4.74 Å². The predicted molar refractivity (Wildman–Crippen MR) is 136 cm³/mol. The zero-order chi connectivity index (χ0) is 26.3. The Morgan fingerprint density at radius 3 is 2.62 bits per heavy atom. The smallest absolute Gasteiger partial charge is 0.410 e. The Labute approximate surface area is 212 Å². The van der Waals surface area contributed by atoms with E-state index >= 15 is 0 Å². The Morgan fingerprint density at radius 2 is 1.92 bits per heavy atom. The Hall–Kier alpha value is -4.41. The van der Waals surface area contributed by atoms with E-state index < -0.39 is 11.6 Å². The molecule has 3 N–H and O–H groups in total. The maximum Gasteiger partial charge on any atom is 0.410 e. The summed E-state index contributed by atoms with van der Waals surface area (Å²) in [5, 5.41) is 14.0. The van der Waals surface area contributed by atoms with Crippen LogP contribution in [0.15, 0.2) is 47.3 Å². The van der Waals surface area contributed by atoms with E-state index in [4.69, 9.17) is 14.9 Å². The number of hydrogen-bond acceptors (Lipinski definition) is 8. The third-order valence-corrected chi connectivity index (χ3v) is 6.22. The number of aromatic carboxylic acids is 1. The second-order valence-electron chi connectivity index (χ2n) is 10.0. The summed E-state index contributed by atoms with van der Waals surface area (Å²) >= 11 is 0. The van der Waals surface area contributed by atoms with Crippen LogP contribution in [0.1, 0.15) is 50.0 Å². The van der Waals surface area contributed by atoms with Crippen LogP contribution in [0.4, 0.5) is 10.6 Å². The molecule has 1 amide bonds. The molecular weight excluding hydrogens is 476 g/mol. The van der Waals surface area contributed by atoms with E-state index in [0.29, 0.717) is 24.2 Å². The number of likely N-dealkylation sites (tertiary alicyclic amines) is 1. The van der Waals surface area contributed by atoms with E-state index in [1.54, 1.807) is 35.5 Å². The summed E-state index contributed by atoms with van der Waals surface area (Å²) in [7, 11) is 0. The van der Waals surface area contributed by atoms with Gasteiger partial charge in [-0.25, -0.2) is 19.6 Å². The van der Waals surface area contributed by atoms with Gasteiger partial charge in [0.1, 0.15) is 22.5 Å². The first-order valence-electron chi connectivity index (χ1n) is 12.0. The lowest BCUT2D eigenvalue weighted by Gasteiger charge is -2.33. The van der Waals surface area contributed by atoms with Crippen LogP contribution in [0, 0.1) is 0 Å². The van der Waals surface area contributed by atoms with E-state index in [1.165, 1.54) is 6.07 Å². The minimum absolute atomic E-state index is 0.0259. The summed E-state index contributed by atoms with van der Waals surface area (Å²) < 4.78 is 13.2. The first-order chi connectivity index (χ1) is 17.6. The molecule has 0 aliphatic carbocycles. The van der Waals surface area contributed by atoms with Gasteiger partial charge in [0.15, 0.2) is 5.58 Å². The molecule has 1 aliphatic heterocycles. The first-order valence-corrected chi connectivity index (χ1v) is 12.0. The molecule has 11 heteroatoms. The molecular formula is C26H28N6O5. The number of nitrogens with zero attached hydrogens (tertiary/aromatic N) is 5. The number of fused-ring (bicyclic) bond motifs is 1. The van der Waals surface area contributed by atoms with Gasteiger partial charge in [-0.2, -0.15) is 5.10 Å². The third kappa shape index (κ3) is 4.97. The highest BCUT2D eigenvalue weighted by Gasteiger charge is 2.28. The molecule has 0 bridgehead atoms. The lowest BCUT2D eigenvalue weighted by Crippen LogP contribution is -2.42. The molecule has 1 aliphatic rings. The molecule has 37 heavy (non-hydrogen) atoms. The molecule has 0 unspecified atom stereocenters. The standard InChI is InChI=1S/C26H28N6O5/c1-26(2,3)37-25(35)31-9-7-17(8-10-31)32-14-16(13-29-32)15-11-19(22(27)28-12-15)23-30-20-6-4-5-18(24(33)34)21(20)36-23/h4-6,11-14,17H,7-10H2,1-3H3,(H2,27,28)(H,33,34). The summed E-state index contributed by atoms with van der Waals surface area (Å²) in [4.78, 5) is 34.4. The quantitative estimate of drug-likeness (QED) is 0.406. The van der Waals surface area contributed by atoms with Crippen molar-refractivity contribution < 1.29 is 23.8 Å². The lowest BCUT2D eigenvalue weighted by molar-refractivity contribution is 0.0184. The zero-order valence-electron chi connectivity index (χ0n) is 20.8. The summed E-state index contributed by atoms with van der Waals surface area (Å²) in [6, 6.07) is 6.72. The van der Waals surface area contributed by atoms with Gasteiger partial charge in [0.25, 0.3) is 0 Å². The summed E-state index contributed by atoms with van der Waals surface area (Å²) in [6.45, 7) is 6.77. The summed E-state index contributed by atoms with van der Waals surface area (Å²) in [5.41, 5.74) is 8.30. The summed E-state index contributed by atoms with van der Waals surface area (Å²) in [5.74, 6) is -0.691. The molecule has 1 saturated heterocycles. The molecule has 0 saturated carbocycles. The highest BCUT2D eigenvalue weighted by molar-refractivity contribution is 6.00. The fourth-order valence-corrected chi connectivity index (χ4v) is 4.36. The van der Waals surface area contributed by atoms with Crippen molar-refractivity contribution in [3.8, 4) is 22.6 Å². The number of carbonyl (C=O) groups is 2. The van der Waals surface area contributed by atoms with Crippen LogP contribution in [0.25, 0.3) is 33.7 Å². The maximum absolute atomic E-state index is 12.4. The van der Waals surface area contributed by atoms with Crippen LogP contribution in [0.2, 0.25) is 0 Å². The predicted octanol–water partition coefficient (Wildman–Crippen LogP) is 4.61. The fourth-order valence-electron chi connectivity index (χ4n) is 4.36. The normalized spacial score (nSPS) is 14.7. The maximum atomic E-state index is 12.4. The van der Waals surface area contributed by atoms with Crippen LogP contribution in [-0.4, -0.2) is 60.5 Å². The number of piperidine rings is 1. The molecule has 1 aromatic carbocycles. The second kappa shape index (κ2) is 9.23. The van der Waals surface area contributed by atoms with Crippen molar-refractivity contribution in [2.24, 2.45) is 0 Å². The van der Waals surface area contributed by atoms with Gasteiger partial charge in [-0.3, -0.25) is 4.68 Å². The monoisotopic (exact) mass is 504 g/mol. The van der Waals surface area contributed by atoms with Gasteiger partial charge < -0.3 is 24.9 Å². The number of nitrogen functional groups attached to an aromatic ring is 1. The number of benzene rings is 1. The van der Waals surface area contributed by atoms with Crippen LogP contribution in [0.3, 0.4) is 0 Å². The SMILES string of the molecule is CC(C)(C)OC(=O)N1CCC(n2cc(-c3cnc(N)c(-c4nc5cccc(C(=O)O)c5o4)c3)cn2)CC1. The molecule has 3 aromatic heterocycles. The van der Waals surface area contributed by atoms with Crippen molar-refractivity contribution in [1.82, 2.24) is 24.6 Å². The Bertz CT molecular complexity index is 1480. The highest BCUT2D eigenvalue weighted by Crippen LogP contribution is 2.33. The van der Waals surface area contributed by atoms with Crippen molar-refractivity contribution in [3.05, 3.63) is 48.4 Å². The molecule has 11 nitrogen and oxygen atoms in total. The van der Waals surface area contributed by atoms with Crippen molar-refractivity contribution in [2.45, 2.75) is 45.3 Å². The van der Waals surface area contributed by atoms with Crippen LogP contribution < -0.4 is 5.73 Å². The first kappa shape index (κ1) is 24.3. The van der Waals surface area contributed by atoms with E-state index in [-0.39, 0.29) is 35.0 Å². The number of pyridine rings is 1. The number of nitrogens with two attached hydrogens (primary N) is 1. The van der Waals surface area contributed by atoms with E-state index in [1.807, 2.05) is 31.6 Å². The van der Waals surface area contributed by atoms with Gasteiger partial charge in [0.2, 0.25) is 5.89 Å². The Kier molecular flexibility index (Phi) is 6.06. The third-order valence-electron chi connectivity index (χ3n) is 6.22. The number of anilines is 1. The minimum atomic E-state index is -1.10. The second-order valence-corrected chi connectivity index (χ2v) is 10.0. The van der Waals surface area contributed by atoms with E-state index in [0.717, 1.165) is 24.0 Å². The van der Waals surface area contributed by atoms with Crippen molar-refractivity contribution in [1.29, 1.82) is 0 Å². The van der Waals surface area contributed by atoms with Crippen LogP contribution in [0.5, 0.6) is 0 Å². The lowest BCUT2D eigenvalue weighted by atomic mass is 10.1. The molecule has 4 heterocycles. The van der Waals surface area contributed by atoms with E-state index in [2.05, 4.69) is 15.1 Å². The van der Waals surface area contributed by atoms with E-state index in [9.17, 15) is 14.7 Å². The largest absolute Gasteiger partial charge is 0.478 e. The number of para-hydroxylation sites is 1. The average Bonchev–Trinajstić information content (AvgIpc) is 3.51.